The molecule has 0 saturated carbocycles. The van der Waals surface area contributed by atoms with Gasteiger partial charge in [-0.1, -0.05) is 48.5 Å². The summed E-state index contributed by atoms with van der Waals surface area (Å²) in [5.74, 6) is 0. The maximum Gasteiger partial charge on any atom is 0.410 e. The third-order valence-electron chi connectivity index (χ3n) is 5.61. The van der Waals surface area contributed by atoms with E-state index in [1.54, 1.807) is 0 Å². The molecule has 0 aliphatic carbocycles. The molecule has 0 aromatic heterocycles. The summed E-state index contributed by atoms with van der Waals surface area (Å²) in [6, 6.07) is 18.1. The minimum atomic E-state index is -0.232. The Morgan fingerprint density at radius 1 is 1.19 bits per heavy atom. The SMILES string of the molecule is Cc1c(C#N)cccc1C1=CC2CCC(C1)N2C(=O)OCc1ccccc1. The molecule has 0 spiro atoms. The Hall–Kier alpha value is -3.06. The topological polar surface area (TPSA) is 53.3 Å². The van der Waals surface area contributed by atoms with Crippen LogP contribution in [0.15, 0.2) is 54.6 Å². The van der Waals surface area contributed by atoms with Crippen LogP contribution >= 0.6 is 0 Å². The fourth-order valence-electron chi connectivity index (χ4n) is 4.21. The van der Waals surface area contributed by atoms with Crippen molar-refractivity contribution in [3.63, 3.8) is 0 Å². The van der Waals surface area contributed by atoms with Gasteiger partial charge in [-0.05, 0) is 54.5 Å². The van der Waals surface area contributed by atoms with Crippen molar-refractivity contribution >= 4 is 11.7 Å². The zero-order chi connectivity index (χ0) is 18.8. The Bertz CT molecular complexity index is 927. The molecule has 0 N–H and O–H groups in total. The zero-order valence-electron chi connectivity index (χ0n) is 15.4. The number of benzene rings is 2. The molecule has 2 aromatic rings. The Morgan fingerprint density at radius 2 is 2.00 bits per heavy atom. The Balaban J connectivity index is 1.51. The first-order valence-electron chi connectivity index (χ1n) is 9.37. The summed E-state index contributed by atoms with van der Waals surface area (Å²) in [4.78, 5) is 14.6. The molecule has 2 unspecified atom stereocenters. The molecule has 2 heterocycles. The zero-order valence-corrected chi connectivity index (χ0v) is 15.4. The fraction of sp³-hybridized carbons (Fsp3) is 0.304. The molecule has 4 nitrogen and oxygen atoms in total. The van der Waals surface area contributed by atoms with Gasteiger partial charge in [-0.2, -0.15) is 5.26 Å². The van der Waals surface area contributed by atoms with Crippen LogP contribution < -0.4 is 0 Å². The van der Waals surface area contributed by atoms with Gasteiger partial charge in [0.15, 0.2) is 0 Å². The second-order valence-electron chi connectivity index (χ2n) is 7.23. The summed E-state index contributed by atoms with van der Waals surface area (Å²) in [6.07, 6.45) is 4.72. The number of rotatable bonds is 3. The van der Waals surface area contributed by atoms with Gasteiger partial charge in [0.1, 0.15) is 6.61 Å². The van der Waals surface area contributed by atoms with Crippen LogP contribution in [0.3, 0.4) is 0 Å². The first-order valence-corrected chi connectivity index (χ1v) is 9.37. The molecule has 2 aliphatic heterocycles. The first-order chi connectivity index (χ1) is 13.2. The minimum absolute atomic E-state index is 0.0761. The number of nitrogens with zero attached hydrogens (tertiary/aromatic N) is 2. The lowest BCUT2D eigenvalue weighted by Gasteiger charge is -2.33. The molecule has 2 aromatic carbocycles. The highest BCUT2D eigenvalue weighted by Crippen LogP contribution is 2.40. The summed E-state index contributed by atoms with van der Waals surface area (Å²) < 4.78 is 5.56. The van der Waals surface area contributed by atoms with Gasteiger partial charge in [-0.3, -0.25) is 4.90 Å². The quantitative estimate of drug-likeness (QED) is 0.790. The van der Waals surface area contributed by atoms with E-state index in [9.17, 15) is 10.1 Å². The molecule has 1 amide bonds. The van der Waals surface area contributed by atoms with Crippen LogP contribution in [0.1, 0.15) is 41.5 Å². The van der Waals surface area contributed by atoms with Gasteiger partial charge >= 0.3 is 6.09 Å². The fourth-order valence-corrected chi connectivity index (χ4v) is 4.21. The molecule has 4 rings (SSSR count). The second-order valence-corrected chi connectivity index (χ2v) is 7.23. The maximum absolute atomic E-state index is 12.7. The molecular weight excluding hydrogens is 336 g/mol. The monoisotopic (exact) mass is 358 g/mol. The third-order valence-corrected chi connectivity index (χ3v) is 5.61. The van der Waals surface area contributed by atoms with E-state index in [1.807, 2.05) is 54.3 Å². The molecule has 136 valence electrons. The van der Waals surface area contributed by atoms with Gasteiger partial charge in [0.2, 0.25) is 0 Å². The summed E-state index contributed by atoms with van der Waals surface area (Å²) in [5.41, 5.74) is 5.10. The maximum atomic E-state index is 12.7. The van der Waals surface area contributed by atoms with E-state index in [0.717, 1.165) is 36.0 Å². The number of amides is 1. The van der Waals surface area contributed by atoms with Crippen LogP contribution in [-0.2, 0) is 11.3 Å². The highest BCUT2D eigenvalue weighted by molar-refractivity contribution is 5.76. The van der Waals surface area contributed by atoms with Gasteiger partial charge in [-0.25, -0.2) is 4.79 Å². The molecular formula is C23H22N2O2. The molecule has 2 aliphatic rings. The van der Waals surface area contributed by atoms with Crippen LogP contribution in [0.2, 0.25) is 0 Å². The van der Waals surface area contributed by atoms with E-state index in [4.69, 9.17) is 4.74 Å². The van der Waals surface area contributed by atoms with E-state index in [1.165, 1.54) is 5.57 Å². The molecule has 0 radical (unpaired) electrons. The molecule has 2 bridgehead atoms. The molecule has 4 heteroatoms. The lowest BCUT2D eigenvalue weighted by molar-refractivity contribution is 0.0832. The average Bonchev–Trinajstić information content (AvgIpc) is 2.97. The second kappa shape index (κ2) is 7.28. The summed E-state index contributed by atoms with van der Waals surface area (Å²) in [7, 11) is 0. The van der Waals surface area contributed by atoms with Crippen molar-refractivity contribution in [2.75, 3.05) is 0 Å². The third kappa shape index (κ3) is 3.33. The number of carbonyl (C=O) groups excluding carboxylic acids is 1. The van der Waals surface area contributed by atoms with Crippen molar-refractivity contribution in [3.05, 3.63) is 76.9 Å². The molecule has 2 atom stereocenters. The number of hydrogen-bond donors (Lipinski definition) is 0. The average molecular weight is 358 g/mol. The smallest absolute Gasteiger partial charge is 0.410 e. The van der Waals surface area contributed by atoms with Gasteiger partial charge in [-0.15, -0.1) is 0 Å². The highest BCUT2D eigenvalue weighted by Gasteiger charge is 2.40. The standard InChI is InChI=1S/C23H22N2O2/c1-16-18(14-24)8-5-9-22(16)19-12-20-10-11-21(13-19)25(20)23(26)27-15-17-6-3-2-4-7-17/h2-9,12,20-21H,10-11,13,15H2,1H3. The Labute approximate surface area is 159 Å². The van der Waals surface area contributed by atoms with Gasteiger partial charge in [0.25, 0.3) is 0 Å². The van der Waals surface area contributed by atoms with E-state index in [-0.39, 0.29) is 18.2 Å². The summed E-state index contributed by atoms with van der Waals surface area (Å²) in [6.45, 7) is 2.30. The van der Waals surface area contributed by atoms with Crippen LogP contribution in [-0.4, -0.2) is 23.1 Å². The van der Waals surface area contributed by atoms with E-state index >= 15 is 0 Å². The van der Waals surface area contributed by atoms with Crippen LogP contribution in [0.25, 0.3) is 5.57 Å². The molecule has 1 fully saturated rings. The van der Waals surface area contributed by atoms with Gasteiger partial charge < -0.3 is 4.74 Å². The van der Waals surface area contributed by atoms with E-state index in [0.29, 0.717) is 12.2 Å². The molecule has 1 saturated heterocycles. The largest absolute Gasteiger partial charge is 0.445 e. The highest BCUT2D eigenvalue weighted by atomic mass is 16.6. The van der Waals surface area contributed by atoms with Crippen LogP contribution in [0, 0.1) is 18.3 Å². The van der Waals surface area contributed by atoms with Gasteiger partial charge in [0.05, 0.1) is 17.7 Å². The van der Waals surface area contributed by atoms with Crippen LogP contribution in [0.4, 0.5) is 4.79 Å². The predicted octanol–water partition coefficient (Wildman–Crippen LogP) is 4.82. The lowest BCUT2D eigenvalue weighted by Crippen LogP contribution is -2.43. The molecule has 27 heavy (non-hydrogen) atoms. The number of fused-ring (bicyclic) bond motifs is 2. The number of nitriles is 1. The Morgan fingerprint density at radius 3 is 2.74 bits per heavy atom. The normalized spacial score (nSPS) is 20.7. The van der Waals surface area contributed by atoms with Crippen molar-refractivity contribution in [2.45, 2.75) is 44.9 Å². The summed E-state index contributed by atoms with van der Waals surface area (Å²) >= 11 is 0. The summed E-state index contributed by atoms with van der Waals surface area (Å²) in [5, 5.41) is 9.29. The van der Waals surface area contributed by atoms with Gasteiger partial charge in [0, 0.05) is 6.04 Å². The first kappa shape index (κ1) is 17.4. The number of carbonyl (C=O) groups is 1. The van der Waals surface area contributed by atoms with Crippen molar-refractivity contribution in [1.29, 1.82) is 5.26 Å². The number of hydrogen-bond acceptors (Lipinski definition) is 3. The van der Waals surface area contributed by atoms with Crippen molar-refractivity contribution in [2.24, 2.45) is 0 Å². The van der Waals surface area contributed by atoms with Crippen molar-refractivity contribution < 1.29 is 9.53 Å². The number of ether oxygens (including phenoxy) is 1. The van der Waals surface area contributed by atoms with Crippen molar-refractivity contribution in [3.8, 4) is 6.07 Å². The van der Waals surface area contributed by atoms with Crippen molar-refractivity contribution in [1.82, 2.24) is 4.90 Å². The van der Waals surface area contributed by atoms with E-state index < -0.39 is 0 Å². The van der Waals surface area contributed by atoms with E-state index in [2.05, 4.69) is 18.2 Å². The Kier molecular flexibility index (Phi) is 4.68. The minimum Gasteiger partial charge on any atom is -0.445 e. The van der Waals surface area contributed by atoms with Crippen LogP contribution in [0.5, 0.6) is 0 Å². The lowest BCUT2D eigenvalue weighted by atomic mass is 9.90. The predicted molar refractivity (Wildman–Crippen MR) is 104 cm³/mol.